The first kappa shape index (κ1) is 49.0. The third-order valence-corrected chi connectivity index (χ3v) is 19.1. The first-order chi connectivity index (χ1) is 29.8. The Hall–Kier alpha value is -1.39. The Morgan fingerprint density at radius 3 is 2.05 bits per heavy atom. The van der Waals surface area contributed by atoms with E-state index < -0.39 is 110 Å². The molecule has 64 heavy (non-hydrogen) atoms. The maximum absolute atomic E-state index is 12.4. The Labute approximate surface area is 376 Å². The number of hydrogen-bond acceptors (Lipinski definition) is 16. The van der Waals surface area contributed by atoms with Crippen molar-refractivity contribution >= 4 is 5.97 Å². The van der Waals surface area contributed by atoms with E-state index in [4.69, 9.17) is 28.4 Å². The quantitative estimate of drug-likeness (QED) is 0.122. The number of allylic oxidation sites excluding steroid dienone is 2. The number of hydrogen-bond donors (Lipinski definition) is 10. The second kappa shape index (κ2) is 16.9. The van der Waals surface area contributed by atoms with Crippen LogP contribution in [0.4, 0.5) is 0 Å². The van der Waals surface area contributed by atoms with Crippen molar-refractivity contribution < 1.29 is 84.3 Å². The van der Waals surface area contributed by atoms with Crippen LogP contribution in [-0.4, -0.2) is 168 Å². The molecule has 3 heterocycles. The van der Waals surface area contributed by atoms with Gasteiger partial charge >= 0.3 is 5.97 Å². The molecule has 0 aromatic carbocycles. The summed E-state index contributed by atoms with van der Waals surface area (Å²) in [4.78, 5) is 12.4. The van der Waals surface area contributed by atoms with Gasteiger partial charge in [-0.3, -0.25) is 0 Å². The van der Waals surface area contributed by atoms with Crippen molar-refractivity contribution in [2.75, 3.05) is 13.2 Å². The molecule has 0 aromatic heterocycles. The minimum absolute atomic E-state index is 0.0286. The summed E-state index contributed by atoms with van der Waals surface area (Å²) in [6.07, 6.45) is -14.5. The molecular formula is C47H76O17. The van der Waals surface area contributed by atoms with E-state index in [0.29, 0.717) is 18.8 Å². The molecule has 17 nitrogen and oxygen atoms in total. The largest absolute Gasteiger partial charge is 0.479 e. The molecule has 1 unspecified atom stereocenters. The summed E-state index contributed by atoms with van der Waals surface area (Å²) in [7, 11) is 0. The van der Waals surface area contributed by atoms with Crippen LogP contribution in [0.15, 0.2) is 11.6 Å². The number of carboxylic acids is 1. The SMILES string of the molecule is C[C@@H]1O[C@@H](O[C@H]2[C@H](O[C@H]3[C@H](O[C@H]4CC[C@@]5(C)[C@@H](CC[C@]6(C)[C@@H]5CC=C5C7CC(C)(C)C[C@@H](O)[C@]7(C)CC[C@]56C)[C@@]4(C)CO)O[C@H](C(=O)O)[C@@H](O)[C@@H]3O)OC[C@H](O)[C@@H]2O)[C@H](O)[C@H](O)[C@H]1O. The highest BCUT2D eigenvalue weighted by Gasteiger charge is 2.70. The van der Waals surface area contributed by atoms with E-state index >= 15 is 0 Å². The van der Waals surface area contributed by atoms with Gasteiger partial charge in [-0.15, -0.1) is 0 Å². The van der Waals surface area contributed by atoms with Crippen molar-refractivity contribution in [3.05, 3.63) is 11.6 Å². The molecule has 8 aliphatic rings. The van der Waals surface area contributed by atoms with Crippen molar-refractivity contribution in [3.63, 3.8) is 0 Å². The minimum Gasteiger partial charge on any atom is -0.479 e. The summed E-state index contributed by atoms with van der Waals surface area (Å²) in [5.74, 6) is -1.05. The molecule has 0 radical (unpaired) electrons. The lowest BCUT2D eigenvalue weighted by Gasteiger charge is -2.72. The monoisotopic (exact) mass is 913 g/mol. The van der Waals surface area contributed by atoms with Crippen LogP contribution >= 0.6 is 0 Å². The third kappa shape index (κ3) is 7.49. The molecule has 4 saturated carbocycles. The molecule has 366 valence electrons. The van der Waals surface area contributed by atoms with E-state index in [0.717, 1.165) is 44.9 Å². The van der Waals surface area contributed by atoms with Gasteiger partial charge in [0.15, 0.2) is 25.0 Å². The molecule has 8 rings (SSSR count). The van der Waals surface area contributed by atoms with Crippen LogP contribution in [-0.2, 0) is 33.2 Å². The van der Waals surface area contributed by atoms with E-state index in [-0.39, 0.29) is 51.6 Å². The molecule has 3 saturated heterocycles. The van der Waals surface area contributed by atoms with Crippen LogP contribution in [0.1, 0.15) is 113 Å². The van der Waals surface area contributed by atoms with Crippen LogP contribution in [0.25, 0.3) is 0 Å². The van der Waals surface area contributed by atoms with Crippen LogP contribution in [0.5, 0.6) is 0 Å². The second-order valence-corrected chi connectivity index (χ2v) is 23.2. The molecule has 3 aliphatic heterocycles. The highest BCUT2D eigenvalue weighted by Crippen LogP contribution is 2.76. The lowest BCUT2D eigenvalue weighted by atomic mass is 9.33. The molecular weight excluding hydrogens is 837 g/mol. The fraction of sp³-hybridized carbons (Fsp3) is 0.936. The van der Waals surface area contributed by atoms with Gasteiger partial charge in [-0.05, 0) is 104 Å². The van der Waals surface area contributed by atoms with Gasteiger partial charge in [-0.1, -0.05) is 60.1 Å². The zero-order valence-electron chi connectivity index (χ0n) is 38.7. The number of carbonyl (C=O) groups is 1. The summed E-state index contributed by atoms with van der Waals surface area (Å²) >= 11 is 0. The zero-order valence-corrected chi connectivity index (χ0v) is 38.7. The minimum atomic E-state index is -2.01. The smallest absolute Gasteiger partial charge is 0.335 e. The standard InChI is InChI=1S/C47H76O17/c1-21-29(51)31(53)34(56)39(60-21)63-36-30(52)24(49)19-59-40(36)64-37-33(55)32(54)35(38(57)58)62-41(37)61-28-12-13-44(5)25(45(28,6)20-48)11-14-47(8)26(44)10-9-22-23-17-42(2,3)18-27(50)43(23,4)15-16-46(22,47)7/h9,21,23-37,39-41,48-56H,10-20H2,1-8H3,(H,57,58)/t21-,23?,24-,25+,26+,27+,28-,29-,30-,31+,32-,33-,34+,35-,36+,37+,39-,40-,41+,43+,44-,45+,46+,47+/m0/s1. The van der Waals surface area contributed by atoms with Crippen molar-refractivity contribution in [1.82, 2.24) is 0 Å². The van der Waals surface area contributed by atoms with Gasteiger partial charge in [0.25, 0.3) is 0 Å². The first-order valence-corrected chi connectivity index (χ1v) is 23.7. The van der Waals surface area contributed by atoms with Gasteiger partial charge in [0.2, 0.25) is 0 Å². The highest BCUT2D eigenvalue weighted by atomic mass is 16.8. The Morgan fingerprint density at radius 2 is 1.38 bits per heavy atom. The topological polar surface area (TPSA) is 275 Å². The van der Waals surface area contributed by atoms with Crippen LogP contribution < -0.4 is 0 Å². The molecule has 0 bridgehead atoms. The normalized spacial score (nSPS) is 56.1. The number of aliphatic hydroxyl groups is 9. The Kier molecular flexibility index (Phi) is 13.0. The van der Waals surface area contributed by atoms with Gasteiger partial charge in [0.05, 0.1) is 31.5 Å². The van der Waals surface area contributed by atoms with Gasteiger partial charge < -0.3 is 79.5 Å². The molecule has 24 atom stereocenters. The average molecular weight is 913 g/mol. The van der Waals surface area contributed by atoms with Gasteiger partial charge in [-0.2, -0.15) is 0 Å². The summed E-state index contributed by atoms with van der Waals surface area (Å²) in [5, 5.41) is 109. The maximum Gasteiger partial charge on any atom is 0.335 e. The fourth-order valence-corrected chi connectivity index (χ4v) is 14.8. The molecule has 17 heteroatoms. The van der Waals surface area contributed by atoms with Crippen LogP contribution in [0.2, 0.25) is 0 Å². The number of aliphatic carboxylic acids is 1. The summed E-state index contributed by atoms with van der Waals surface area (Å²) in [6.45, 7) is 16.8. The molecule has 0 spiro atoms. The number of fused-ring (bicyclic) bond motifs is 7. The Balaban J connectivity index is 1.06. The van der Waals surface area contributed by atoms with E-state index in [9.17, 15) is 55.9 Å². The molecule has 0 amide bonds. The van der Waals surface area contributed by atoms with Crippen molar-refractivity contribution in [1.29, 1.82) is 0 Å². The van der Waals surface area contributed by atoms with Gasteiger partial charge in [0, 0.05) is 10.8 Å². The number of carboxylic acid groups (broad SMARTS) is 1. The zero-order chi connectivity index (χ0) is 46.9. The summed E-state index contributed by atoms with van der Waals surface area (Å²) < 4.78 is 36.1. The molecule has 5 aliphatic carbocycles. The van der Waals surface area contributed by atoms with E-state index in [1.54, 1.807) is 0 Å². The molecule has 10 N–H and O–H groups in total. The summed E-state index contributed by atoms with van der Waals surface area (Å²) in [6, 6.07) is 0. The van der Waals surface area contributed by atoms with Crippen molar-refractivity contribution in [2.45, 2.75) is 211 Å². The fourth-order valence-electron chi connectivity index (χ4n) is 14.8. The van der Waals surface area contributed by atoms with Crippen LogP contribution in [0.3, 0.4) is 0 Å². The average Bonchev–Trinajstić information content (AvgIpc) is 3.22. The lowest BCUT2D eigenvalue weighted by Crippen LogP contribution is -2.68. The number of rotatable bonds is 8. The highest BCUT2D eigenvalue weighted by molar-refractivity contribution is 5.73. The molecule has 0 aromatic rings. The van der Waals surface area contributed by atoms with Crippen LogP contribution in [0, 0.1) is 50.2 Å². The lowest BCUT2D eigenvalue weighted by molar-refractivity contribution is -0.387. The van der Waals surface area contributed by atoms with E-state index in [1.165, 1.54) is 12.5 Å². The maximum atomic E-state index is 12.4. The molecule has 7 fully saturated rings. The van der Waals surface area contributed by atoms with Gasteiger partial charge in [0.1, 0.15) is 54.9 Å². The predicted molar refractivity (Wildman–Crippen MR) is 225 cm³/mol. The second-order valence-electron chi connectivity index (χ2n) is 23.2. The van der Waals surface area contributed by atoms with Crippen molar-refractivity contribution in [3.8, 4) is 0 Å². The predicted octanol–water partition coefficient (Wildman–Crippen LogP) is 1.34. The Morgan fingerprint density at radius 1 is 0.703 bits per heavy atom. The first-order valence-electron chi connectivity index (χ1n) is 23.7. The van der Waals surface area contributed by atoms with E-state index in [2.05, 4.69) is 47.6 Å². The number of aliphatic hydroxyl groups excluding tert-OH is 9. The van der Waals surface area contributed by atoms with Crippen molar-refractivity contribution in [2.24, 2.45) is 50.2 Å². The third-order valence-electron chi connectivity index (χ3n) is 19.1. The van der Waals surface area contributed by atoms with Gasteiger partial charge in [-0.25, -0.2) is 4.79 Å². The van der Waals surface area contributed by atoms with E-state index in [1.807, 2.05) is 6.92 Å². The summed E-state index contributed by atoms with van der Waals surface area (Å²) in [5.41, 5.74) is 0.0929. The Bertz CT molecular complexity index is 1760. The number of ether oxygens (including phenoxy) is 6.